The molecule has 1 fully saturated rings. The summed E-state index contributed by atoms with van der Waals surface area (Å²) in [5.74, 6) is -1.46. The predicted octanol–water partition coefficient (Wildman–Crippen LogP) is 1.24. The van der Waals surface area contributed by atoms with Crippen molar-refractivity contribution in [1.29, 1.82) is 0 Å². The molecule has 1 unspecified atom stereocenters. The highest BCUT2D eigenvalue weighted by atomic mass is 32.2. The largest absolute Gasteiger partial charge is 0.355 e. The van der Waals surface area contributed by atoms with Crippen LogP contribution in [0.1, 0.15) is 16.8 Å². The Kier molecular flexibility index (Phi) is 5.01. The number of carbonyl (C=O) groups is 2. The molecular weight excluding hydrogens is 361 g/mol. The van der Waals surface area contributed by atoms with Crippen molar-refractivity contribution in [3.63, 3.8) is 0 Å². The summed E-state index contributed by atoms with van der Waals surface area (Å²) in [6.45, 7) is 0.405. The third-order valence-corrected chi connectivity index (χ3v) is 5.30. The summed E-state index contributed by atoms with van der Waals surface area (Å²) in [4.78, 5) is 23.7. The Bertz CT molecular complexity index is 962. The number of hydrogen-bond donors (Lipinski definition) is 3. The minimum atomic E-state index is -3.96. The van der Waals surface area contributed by atoms with E-state index in [1.165, 1.54) is 42.5 Å². The molecule has 136 valence electrons. The highest BCUT2D eigenvalue weighted by Crippen LogP contribution is 2.16. The van der Waals surface area contributed by atoms with Crippen LogP contribution in [0.3, 0.4) is 0 Å². The molecule has 26 heavy (non-hydrogen) atoms. The van der Waals surface area contributed by atoms with Crippen LogP contribution in [-0.4, -0.2) is 32.8 Å². The lowest BCUT2D eigenvalue weighted by atomic mass is 10.2. The van der Waals surface area contributed by atoms with E-state index in [1.807, 2.05) is 0 Å². The Labute approximate surface area is 149 Å². The van der Waals surface area contributed by atoms with E-state index in [4.69, 9.17) is 0 Å². The molecule has 7 nitrogen and oxygen atoms in total. The number of nitrogens with one attached hydrogen (secondary N) is 3. The van der Waals surface area contributed by atoms with Gasteiger partial charge in [-0.2, -0.15) is 4.72 Å². The van der Waals surface area contributed by atoms with Crippen LogP contribution in [-0.2, 0) is 14.8 Å². The average Bonchev–Trinajstić information content (AvgIpc) is 2.99. The molecule has 0 aliphatic carbocycles. The molecule has 3 rings (SSSR count). The van der Waals surface area contributed by atoms with E-state index >= 15 is 0 Å². The zero-order valence-corrected chi connectivity index (χ0v) is 14.3. The van der Waals surface area contributed by atoms with Crippen molar-refractivity contribution in [3.05, 3.63) is 59.9 Å². The maximum atomic E-state index is 13.2. The van der Waals surface area contributed by atoms with Crippen molar-refractivity contribution in [1.82, 2.24) is 10.0 Å². The number of rotatable bonds is 5. The molecule has 1 aliphatic heterocycles. The first-order valence-electron chi connectivity index (χ1n) is 7.82. The number of sulfonamides is 1. The van der Waals surface area contributed by atoms with Gasteiger partial charge in [0.2, 0.25) is 15.9 Å². The smallest absolute Gasteiger partial charge is 0.255 e. The van der Waals surface area contributed by atoms with Gasteiger partial charge in [0.25, 0.3) is 5.91 Å². The van der Waals surface area contributed by atoms with E-state index in [9.17, 15) is 22.4 Å². The first kappa shape index (κ1) is 18.0. The first-order chi connectivity index (χ1) is 12.3. The van der Waals surface area contributed by atoms with Crippen molar-refractivity contribution in [3.8, 4) is 0 Å². The van der Waals surface area contributed by atoms with Crippen LogP contribution >= 0.6 is 0 Å². The van der Waals surface area contributed by atoms with Crippen LogP contribution in [0.2, 0.25) is 0 Å². The Hall–Kier alpha value is -2.78. The van der Waals surface area contributed by atoms with Crippen molar-refractivity contribution in [2.75, 3.05) is 11.9 Å². The fourth-order valence-corrected chi connectivity index (χ4v) is 3.81. The number of carbonyl (C=O) groups excluding carboxylic acids is 2. The summed E-state index contributed by atoms with van der Waals surface area (Å²) < 4.78 is 40.4. The third-order valence-electron chi connectivity index (χ3n) is 3.84. The highest BCUT2D eigenvalue weighted by Gasteiger charge is 2.29. The second-order valence-corrected chi connectivity index (χ2v) is 7.46. The van der Waals surface area contributed by atoms with Gasteiger partial charge in [-0.3, -0.25) is 9.59 Å². The molecule has 2 amide bonds. The fraction of sp³-hybridized carbons (Fsp3) is 0.176. The second-order valence-electron chi connectivity index (χ2n) is 5.75. The van der Waals surface area contributed by atoms with Gasteiger partial charge in [0, 0.05) is 17.8 Å². The van der Waals surface area contributed by atoms with E-state index in [2.05, 4.69) is 15.4 Å². The summed E-state index contributed by atoms with van der Waals surface area (Å²) >= 11 is 0. The van der Waals surface area contributed by atoms with Gasteiger partial charge in [0.15, 0.2) is 0 Å². The van der Waals surface area contributed by atoms with Crippen LogP contribution in [0.15, 0.2) is 53.4 Å². The summed E-state index contributed by atoms with van der Waals surface area (Å²) in [5, 5.41) is 5.04. The van der Waals surface area contributed by atoms with Crippen molar-refractivity contribution in [2.24, 2.45) is 0 Å². The lowest BCUT2D eigenvalue weighted by Gasteiger charge is -2.12. The molecule has 1 heterocycles. The quantitative estimate of drug-likeness (QED) is 0.729. The number of anilines is 1. The van der Waals surface area contributed by atoms with Gasteiger partial charge in [-0.1, -0.05) is 12.1 Å². The third kappa shape index (κ3) is 4.06. The van der Waals surface area contributed by atoms with E-state index in [1.54, 1.807) is 0 Å². The van der Waals surface area contributed by atoms with Gasteiger partial charge in [0.05, 0.1) is 4.90 Å². The molecule has 1 aliphatic rings. The zero-order valence-electron chi connectivity index (χ0n) is 13.5. The summed E-state index contributed by atoms with van der Waals surface area (Å²) in [6.07, 6.45) is 0.359. The number of hydrogen-bond acceptors (Lipinski definition) is 4. The van der Waals surface area contributed by atoms with E-state index in [-0.39, 0.29) is 22.1 Å². The number of halogens is 1. The van der Waals surface area contributed by atoms with Crippen molar-refractivity contribution >= 4 is 27.5 Å². The molecule has 0 spiro atoms. The van der Waals surface area contributed by atoms with Gasteiger partial charge >= 0.3 is 0 Å². The van der Waals surface area contributed by atoms with E-state index in [0.29, 0.717) is 13.0 Å². The molecule has 3 N–H and O–H groups in total. The van der Waals surface area contributed by atoms with Gasteiger partial charge in [0.1, 0.15) is 11.9 Å². The van der Waals surface area contributed by atoms with E-state index < -0.39 is 27.8 Å². The fourth-order valence-electron chi connectivity index (χ4n) is 2.54. The Balaban J connectivity index is 1.78. The van der Waals surface area contributed by atoms with Crippen molar-refractivity contribution in [2.45, 2.75) is 17.4 Å². The maximum absolute atomic E-state index is 13.2. The zero-order chi connectivity index (χ0) is 18.7. The normalized spacial score (nSPS) is 17.0. The first-order valence-corrected chi connectivity index (χ1v) is 9.30. The van der Waals surface area contributed by atoms with Gasteiger partial charge < -0.3 is 10.6 Å². The van der Waals surface area contributed by atoms with Crippen molar-refractivity contribution < 1.29 is 22.4 Å². The van der Waals surface area contributed by atoms with E-state index in [0.717, 1.165) is 6.07 Å². The minimum absolute atomic E-state index is 0.0907. The molecule has 0 saturated carbocycles. The second kappa shape index (κ2) is 7.22. The molecule has 0 bridgehead atoms. The van der Waals surface area contributed by atoms with Crippen LogP contribution in [0.5, 0.6) is 0 Å². The minimum Gasteiger partial charge on any atom is -0.355 e. The molecule has 0 aromatic heterocycles. The SMILES string of the molecule is O=C(Nc1cccc(F)c1)c1cccc(S(=O)(=O)NC2CCNC2=O)c1. The molecule has 2 aromatic carbocycles. The molecule has 0 radical (unpaired) electrons. The van der Waals surface area contributed by atoms with Gasteiger partial charge in [-0.25, -0.2) is 12.8 Å². The Morgan fingerprint density at radius 2 is 1.92 bits per heavy atom. The predicted molar refractivity (Wildman–Crippen MR) is 92.5 cm³/mol. The summed E-state index contributed by atoms with van der Waals surface area (Å²) in [7, 11) is -3.96. The molecular formula is C17H16FN3O4S. The molecule has 1 saturated heterocycles. The van der Waals surface area contributed by atoms with Crippen LogP contribution < -0.4 is 15.4 Å². The lowest BCUT2D eigenvalue weighted by Crippen LogP contribution is -2.40. The van der Waals surface area contributed by atoms with Gasteiger partial charge in [-0.05, 0) is 42.8 Å². The monoisotopic (exact) mass is 377 g/mol. The summed E-state index contributed by atoms with van der Waals surface area (Å²) in [5.41, 5.74) is 0.344. The number of benzene rings is 2. The molecule has 1 atom stereocenters. The molecule has 2 aromatic rings. The Morgan fingerprint density at radius 1 is 1.15 bits per heavy atom. The average molecular weight is 377 g/mol. The Morgan fingerprint density at radius 3 is 2.62 bits per heavy atom. The summed E-state index contributed by atoms with van der Waals surface area (Å²) in [6, 6.07) is 9.92. The van der Waals surface area contributed by atoms with Crippen LogP contribution in [0.25, 0.3) is 0 Å². The van der Waals surface area contributed by atoms with Gasteiger partial charge in [-0.15, -0.1) is 0 Å². The molecule has 9 heteroatoms. The van der Waals surface area contributed by atoms with Crippen LogP contribution in [0, 0.1) is 5.82 Å². The topological polar surface area (TPSA) is 104 Å². The highest BCUT2D eigenvalue weighted by molar-refractivity contribution is 7.89. The lowest BCUT2D eigenvalue weighted by molar-refractivity contribution is -0.120. The number of amides is 2. The van der Waals surface area contributed by atoms with Crippen LogP contribution in [0.4, 0.5) is 10.1 Å². The standard InChI is InChI=1S/C17H16FN3O4S/c18-12-4-2-5-13(10-12)20-16(22)11-3-1-6-14(9-11)26(24,25)21-15-7-8-19-17(15)23/h1-6,9-10,15,21H,7-8H2,(H,19,23)(H,20,22). The maximum Gasteiger partial charge on any atom is 0.255 e.